The van der Waals surface area contributed by atoms with Crippen LogP contribution in [0.5, 0.6) is 34.5 Å². The Morgan fingerprint density at radius 2 is 0.373 bits per heavy atom. The highest BCUT2D eigenvalue weighted by Crippen LogP contribution is 2.61. The molecular formula is C100H62F36N8O6-2. The van der Waals surface area contributed by atoms with Crippen LogP contribution in [-0.4, -0.2) is 66.3 Å². The minimum Gasteiger partial charge on any atom is -0.635 e. The zero-order chi connectivity index (χ0) is 109. The Hall–Kier alpha value is -15.3. The van der Waals surface area contributed by atoms with Crippen LogP contribution in [0.15, 0.2) is 279 Å². The van der Waals surface area contributed by atoms with Crippen molar-refractivity contribution in [2.45, 2.75) is 80.7 Å². The molecule has 14 nitrogen and oxygen atoms in total. The highest BCUT2D eigenvalue weighted by atomic mass is 19.5. The monoisotopic (exact) mass is 2150 g/mol. The van der Waals surface area contributed by atoms with E-state index >= 15 is 0 Å². The maximum Gasteiger partial charge on any atom is 0.416 e. The van der Waals surface area contributed by atoms with Gasteiger partial charge in [0.25, 0.3) is 0 Å². The van der Waals surface area contributed by atoms with E-state index in [1.54, 1.807) is 131 Å². The zero-order valence-electron chi connectivity index (χ0n) is 74.8. The number of hydrogen-bond acceptors (Lipinski definition) is 11. The van der Waals surface area contributed by atoms with Gasteiger partial charge in [0.1, 0.15) is 85.2 Å². The second-order valence-electron chi connectivity index (χ2n) is 33.9. The molecule has 1 aliphatic rings. The van der Waals surface area contributed by atoms with Gasteiger partial charge < -0.3 is 54.2 Å². The molecule has 150 heavy (non-hydrogen) atoms. The van der Waals surface area contributed by atoms with Crippen molar-refractivity contribution in [1.29, 1.82) is 0 Å². The van der Waals surface area contributed by atoms with Gasteiger partial charge in [-0.3, -0.25) is 0 Å². The molecule has 792 valence electrons. The van der Waals surface area contributed by atoms with E-state index < -0.39 is 309 Å². The predicted octanol–water partition coefficient (Wildman–Crippen LogP) is 33.5. The molecule has 0 fully saturated rings. The smallest absolute Gasteiger partial charge is 0.416 e. The molecule has 1 aromatic heterocycles. The first-order chi connectivity index (χ1) is 69.7. The fourth-order valence-corrected chi connectivity index (χ4v) is 15.6. The Labute approximate surface area is 821 Å². The summed E-state index contributed by atoms with van der Waals surface area (Å²) in [5.41, 5.74) is -25.4. The third kappa shape index (κ3) is 25.8. The summed E-state index contributed by atoms with van der Waals surface area (Å²) in [6.45, 7) is -14.1. The summed E-state index contributed by atoms with van der Waals surface area (Å²) in [4.78, 5) is 3.67. The zero-order valence-corrected chi connectivity index (χ0v) is 74.8. The lowest BCUT2D eigenvalue weighted by Crippen LogP contribution is -2.47. The summed E-state index contributed by atoms with van der Waals surface area (Å²) in [7, 11) is 0. The summed E-state index contributed by atoms with van der Waals surface area (Å²) in [5, 5.41) is 9.92. The fourth-order valence-electron chi connectivity index (χ4n) is 15.6. The summed E-state index contributed by atoms with van der Waals surface area (Å²) >= 11 is 0. The number of rotatable bonds is 30. The first kappa shape index (κ1) is 109. The molecule has 0 atom stereocenters. The standard InChI is InChI=1S/C100H62F36N8O6/c101-89(102,103)57-29-58(90(104,105)106)36-75(35-57)145-49-87(50-146-76-37-59(91(107,108)109)30-60(38-76)92(110,111)112,51-147-77-39-61(93(113,114)115)31-62(40-77)94(116,117)118)47-141-137-83-81(55-21-25-73(26-22-55)143(69-13-5-1-6-14-69)70-15-7-2-8-16-70)84-86(82(85(83)139-141)56-23-27-74(28-24-56)144(71-17-9-3-10-18-71)72-19-11-4-12-20-72)140-142(138-84)48-88(52-148-78-41-63(95(119,120)121)32-64(42-78)96(122,123)124,53-149-79-43-65(97(125,126)127)33-66(44-79)98(128,129)130)54-150-80-45-67(99(131,132)133)34-68(46-80)100(134,135)136/h1-46H,47-54H2/q-2. The molecular weight excluding hydrogens is 2090 g/mol. The van der Waals surface area contributed by atoms with E-state index in [-0.39, 0.29) is 95.3 Å². The van der Waals surface area contributed by atoms with Crippen LogP contribution >= 0.6 is 0 Å². The third-order valence-corrected chi connectivity index (χ3v) is 22.7. The number of hydrogen-bond donors (Lipinski definition) is 0. The number of ether oxygens (including phenoxy) is 6. The minimum absolute atomic E-state index is 0.120. The van der Waals surface area contributed by atoms with Crippen LogP contribution in [0.25, 0.3) is 44.1 Å². The third-order valence-electron chi connectivity index (χ3n) is 22.7. The minimum atomic E-state index is -5.78. The van der Waals surface area contributed by atoms with Crippen LogP contribution in [-0.2, 0) is 80.7 Å². The normalized spacial score (nSPS) is 13.5. The first-order valence-corrected chi connectivity index (χ1v) is 42.9. The van der Waals surface area contributed by atoms with Crippen LogP contribution in [0.3, 0.4) is 0 Å². The molecule has 0 radical (unpaired) electrons. The summed E-state index contributed by atoms with van der Waals surface area (Å²) in [6, 6.07) is 38.6. The summed E-state index contributed by atoms with van der Waals surface area (Å²) < 4.78 is 570. The summed E-state index contributed by atoms with van der Waals surface area (Å²) in [5.74, 6) is -9.22. The number of alkyl halides is 36. The van der Waals surface area contributed by atoms with Gasteiger partial charge in [0.05, 0.1) is 84.1 Å². The van der Waals surface area contributed by atoms with Gasteiger partial charge in [-0.05, 0) is 211 Å². The molecule has 1 aliphatic heterocycles. The second kappa shape index (κ2) is 40.6. The average molecular weight is 2160 g/mol. The Morgan fingerprint density at radius 1 is 0.207 bits per heavy atom. The van der Waals surface area contributed by atoms with Crippen molar-refractivity contribution in [3.05, 3.63) is 357 Å². The number of fused-ring (bicyclic) bond motifs is 2. The lowest BCUT2D eigenvalue weighted by molar-refractivity contribution is -0.145. The molecule has 0 amide bonds. The van der Waals surface area contributed by atoms with Gasteiger partial charge in [-0.1, -0.05) is 97.1 Å². The quantitative estimate of drug-likeness (QED) is 0.0400. The largest absolute Gasteiger partial charge is 0.635 e. The second-order valence-corrected chi connectivity index (χ2v) is 33.9. The number of para-hydroxylation sites is 4. The van der Waals surface area contributed by atoms with E-state index in [1.807, 2.05) is 0 Å². The molecule has 15 rings (SSSR count). The van der Waals surface area contributed by atoms with Crippen molar-refractivity contribution in [2.24, 2.45) is 10.8 Å². The first-order valence-electron chi connectivity index (χ1n) is 42.9. The Bertz CT molecular complexity index is 6320. The summed E-state index contributed by atoms with van der Waals surface area (Å²) in [6.07, 6.45) is -69.4. The fraction of sp³-hybridized carbons (Fsp3) is 0.220. The molecule has 0 spiro atoms. The number of anilines is 6. The van der Waals surface area contributed by atoms with Gasteiger partial charge in [-0.15, -0.1) is 11.4 Å². The van der Waals surface area contributed by atoms with Crippen LogP contribution in [0, 0.1) is 10.8 Å². The van der Waals surface area contributed by atoms with Gasteiger partial charge in [0.2, 0.25) is 0 Å². The van der Waals surface area contributed by atoms with Crippen LogP contribution in [0.2, 0.25) is 0 Å². The van der Waals surface area contributed by atoms with Crippen molar-refractivity contribution in [1.82, 2.24) is 20.1 Å². The maximum absolute atomic E-state index is 14.9. The van der Waals surface area contributed by atoms with Crippen molar-refractivity contribution in [3.8, 4) is 56.8 Å². The van der Waals surface area contributed by atoms with Gasteiger partial charge in [-0.25, -0.2) is 0 Å². The van der Waals surface area contributed by atoms with E-state index in [1.165, 1.54) is 48.5 Å². The van der Waals surface area contributed by atoms with Gasteiger partial charge >= 0.3 is 74.1 Å². The average Bonchev–Trinajstić information content (AvgIpc) is 1.56. The van der Waals surface area contributed by atoms with Crippen molar-refractivity contribution >= 4 is 56.5 Å². The number of aromatic nitrogens is 3. The van der Waals surface area contributed by atoms with E-state index in [0.29, 0.717) is 32.7 Å². The predicted molar refractivity (Wildman–Crippen MR) is 467 cm³/mol. The van der Waals surface area contributed by atoms with Gasteiger partial charge in [0, 0.05) is 34.1 Å². The Morgan fingerprint density at radius 3 is 0.547 bits per heavy atom. The Kier molecular flexibility index (Phi) is 29.5. The number of nitrogens with zero attached hydrogens (tertiary/aromatic N) is 8. The van der Waals surface area contributed by atoms with Gasteiger partial charge in [0.15, 0.2) is 0 Å². The Balaban J connectivity index is 1.02. The van der Waals surface area contributed by atoms with Crippen molar-refractivity contribution < 1.29 is 186 Å². The van der Waals surface area contributed by atoms with Crippen LogP contribution < -0.4 is 38.2 Å². The molecule has 0 bridgehead atoms. The molecule has 0 unspecified atom stereocenters. The van der Waals surface area contributed by atoms with E-state index in [9.17, 15) is 158 Å². The topological polar surface area (TPSA) is 124 Å². The molecule has 0 N–H and O–H groups in total. The van der Waals surface area contributed by atoms with Crippen LogP contribution in [0.4, 0.5) is 204 Å². The van der Waals surface area contributed by atoms with Crippen LogP contribution in [0.1, 0.15) is 66.8 Å². The highest BCUT2D eigenvalue weighted by molar-refractivity contribution is 6.16. The molecule has 0 aliphatic carbocycles. The SMILES string of the molecule is FC(F)(F)c1cc(OCC(COc2cc(C(F)(F)F)cc(C(F)(F)F)c2)(COc2cc(C(F)(F)F)cc(C(F)(F)F)c2)CN2[N-]c3c(c(-c4ccc(N(c5ccccc5)c5ccccc5)cc4)c4nn(CC(COc5cc(C(F)(F)F)cc(C(F)(F)F)c5)(COc5cc(C(F)(F)F)cc(C(F)(F)F)c5)COc5cc(C(F)(F)F)cc(C(F)(F)F)c5)nc4c3-c3ccc(N(c4ccccc4)c4ccccc4)cc3)[N-]2)cc(C(F)(F)F)c1. The maximum atomic E-state index is 14.9. The lowest BCUT2D eigenvalue weighted by Gasteiger charge is -2.49. The number of halogens is 36. The molecule has 14 aromatic rings. The van der Waals surface area contributed by atoms with E-state index in [4.69, 9.17) is 49.5 Å². The van der Waals surface area contributed by atoms with Crippen molar-refractivity contribution in [2.75, 3.05) is 56.0 Å². The molecule has 2 heterocycles. The van der Waals surface area contributed by atoms with Gasteiger partial charge in [-0.2, -0.15) is 173 Å². The number of benzene rings is 13. The van der Waals surface area contributed by atoms with E-state index in [2.05, 4.69) is 0 Å². The molecule has 50 heteroatoms. The van der Waals surface area contributed by atoms with E-state index in [0.717, 1.165) is 0 Å². The highest BCUT2D eigenvalue weighted by Gasteiger charge is 2.48. The van der Waals surface area contributed by atoms with Crippen molar-refractivity contribution in [3.63, 3.8) is 0 Å². The molecule has 13 aromatic carbocycles. The lowest BCUT2D eigenvalue weighted by atomic mass is 9.90. The molecule has 0 saturated heterocycles. The molecule has 0 saturated carbocycles.